The lowest BCUT2D eigenvalue weighted by atomic mass is 9.90. The number of amides is 1. The number of carbonyl (C=O) groups excluding carboxylic acids is 1. The summed E-state index contributed by atoms with van der Waals surface area (Å²) in [5.74, 6) is 0.149. The number of hydrogen-bond donors (Lipinski definition) is 2. The lowest BCUT2D eigenvalue weighted by molar-refractivity contribution is -0.121. The minimum Gasteiger partial charge on any atom is -0.378 e. The highest BCUT2D eigenvalue weighted by Gasteiger charge is 2.29. The average Bonchev–Trinajstić information content (AvgIpc) is 3.31. The van der Waals surface area contributed by atoms with Gasteiger partial charge >= 0.3 is 0 Å². The minimum absolute atomic E-state index is 0.0105. The first kappa shape index (κ1) is 21.4. The van der Waals surface area contributed by atoms with Gasteiger partial charge in [0.05, 0.1) is 11.5 Å². The topological polar surface area (TPSA) is 82.3 Å². The highest BCUT2D eigenvalue weighted by atomic mass is 32.2. The van der Waals surface area contributed by atoms with Gasteiger partial charge in [-0.05, 0) is 41.7 Å². The number of hydrogen-bond acceptors (Lipinski definition) is 4. The van der Waals surface area contributed by atoms with Crippen LogP contribution >= 0.6 is 0 Å². The molecule has 1 amide bonds. The number of sulfone groups is 1. The summed E-state index contributed by atoms with van der Waals surface area (Å²) in [6, 6.07) is 16.5. The van der Waals surface area contributed by atoms with Crippen molar-refractivity contribution >= 4 is 32.3 Å². The van der Waals surface area contributed by atoms with Gasteiger partial charge in [-0.15, -0.1) is 0 Å². The Balaban J connectivity index is 1.55. The lowest BCUT2D eigenvalue weighted by Gasteiger charge is -2.20. The molecule has 4 rings (SSSR count). The molecule has 0 spiro atoms. The summed E-state index contributed by atoms with van der Waals surface area (Å²) in [6.45, 7) is 0.460. The maximum absolute atomic E-state index is 12.6. The molecule has 1 aliphatic heterocycles. The molecule has 2 heterocycles. The number of nitrogens with zero attached hydrogens (tertiary/aromatic N) is 1. The van der Waals surface area contributed by atoms with Crippen LogP contribution in [0.3, 0.4) is 0 Å². The van der Waals surface area contributed by atoms with Gasteiger partial charge in [0.25, 0.3) is 0 Å². The van der Waals surface area contributed by atoms with Crippen LogP contribution in [0.25, 0.3) is 10.9 Å². The van der Waals surface area contributed by atoms with E-state index in [1.54, 1.807) is 0 Å². The maximum Gasteiger partial charge on any atom is 0.220 e. The third-order valence-electron chi connectivity index (χ3n) is 6.11. The van der Waals surface area contributed by atoms with Crippen molar-refractivity contribution in [3.8, 4) is 0 Å². The van der Waals surface area contributed by atoms with Gasteiger partial charge in [0, 0.05) is 55.8 Å². The molecule has 2 atom stereocenters. The Bertz CT molecular complexity index is 1170. The van der Waals surface area contributed by atoms with Gasteiger partial charge in [0.1, 0.15) is 0 Å². The zero-order valence-corrected chi connectivity index (χ0v) is 18.8. The quantitative estimate of drug-likeness (QED) is 0.592. The van der Waals surface area contributed by atoms with Gasteiger partial charge in [-0.2, -0.15) is 0 Å². The molecule has 1 aromatic heterocycles. The van der Waals surface area contributed by atoms with Crippen molar-refractivity contribution in [3.63, 3.8) is 0 Å². The van der Waals surface area contributed by atoms with Crippen molar-refractivity contribution in [2.45, 2.75) is 18.8 Å². The first-order chi connectivity index (χ1) is 14.8. The summed E-state index contributed by atoms with van der Waals surface area (Å²) in [5.41, 5.74) is 4.44. The van der Waals surface area contributed by atoms with Gasteiger partial charge < -0.3 is 15.2 Å². The van der Waals surface area contributed by atoms with E-state index in [1.807, 2.05) is 38.5 Å². The van der Waals surface area contributed by atoms with E-state index in [-0.39, 0.29) is 35.7 Å². The van der Waals surface area contributed by atoms with Crippen LogP contribution in [-0.2, 0) is 14.6 Å². The Morgan fingerprint density at radius 2 is 1.90 bits per heavy atom. The van der Waals surface area contributed by atoms with Crippen molar-refractivity contribution in [2.75, 3.05) is 37.0 Å². The molecule has 1 saturated heterocycles. The fourth-order valence-electron chi connectivity index (χ4n) is 4.38. The molecule has 2 aromatic carbocycles. The molecular weight excluding hydrogens is 410 g/mol. The van der Waals surface area contributed by atoms with Crippen LogP contribution < -0.4 is 10.2 Å². The molecule has 0 aliphatic carbocycles. The number of rotatable bonds is 7. The number of H-pyrrole nitrogens is 1. The highest BCUT2D eigenvalue weighted by Crippen LogP contribution is 2.31. The summed E-state index contributed by atoms with van der Waals surface area (Å²) in [5, 5.41) is 4.21. The Morgan fingerprint density at radius 1 is 1.16 bits per heavy atom. The number of nitrogens with one attached hydrogen (secondary N) is 2. The van der Waals surface area contributed by atoms with Crippen LogP contribution in [0.15, 0.2) is 54.7 Å². The Labute approximate surface area is 183 Å². The van der Waals surface area contributed by atoms with Crippen LogP contribution in [0.2, 0.25) is 0 Å². The second-order valence-electron chi connectivity index (χ2n) is 8.61. The van der Waals surface area contributed by atoms with Crippen LogP contribution in [0, 0.1) is 5.92 Å². The number of aromatic nitrogens is 1. The predicted octanol–water partition coefficient (Wildman–Crippen LogP) is 3.31. The number of para-hydroxylation sites is 1. The van der Waals surface area contributed by atoms with Crippen molar-refractivity contribution in [1.82, 2.24) is 10.3 Å². The van der Waals surface area contributed by atoms with Crippen molar-refractivity contribution in [1.29, 1.82) is 0 Å². The van der Waals surface area contributed by atoms with Crippen LogP contribution in [0.4, 0.5) is 5.69 Å². The van der Waals surface area contributed by atoms with Crippen molar-refractivity contribution in [2.24, 2.45) is 5.92 Å². The molecule has 164 valence electrons. The summed E-state index contributed by atoms with van der Waals surface area (Å²) in [4.78, 5) is 18.0. The molecule has 31 heavy (non-hydrogen) atoms. The molecule has 1 aliphatic rings. The predicted molar refractivity (Wildman–Crippen MR) is 125 cm³/mol. The molecule has 2 N–H and O–H groups in total. The van der Waals surface area contributed by atoms with Crippen molar-refractivity contribution in [3.05, 3.63) is 65.9 Å². The fraction of sp³-hybridized carbons (Fsp3) is 0.375. The van der Waals surface area contributed by atoms with E-state index < -0.39 is 9.84 Å². The third kappa shape index (κ3) is 4.93. The highest BCUT2D eigenvalue weighted by molar-refractivity contribution is 7.91. The van der Waals surface area contributed by atoms with Crippen LogP contribution in [0.5, 0.6) is 0 Å². The molecular formula is C24H29N3O3S. The summed E-state index contributed by atoms with van der Waals surface area (Å²) in [6.07, 6.45) is 2.86. The molecule has 6 nitrogen and oxygen atoms in total. The summed E-state index contributed by atoms with van der Waals surface area (Å²) < 4.78 is 23.4. The normalized spacial score (nSPS) is 18.7. The fourth-order valence-corrected chi connectivity index (χ4v) is 6.24. The second kappa shape index (κ2) is 8.75. The van der Waals surface area contributed by atoms with E-state index in [0.717, 1.165) is 27.7 Å². The Kier molecular flexibility index (Phi) is 6.05. The number of benzene rings is 2. The number of anilines is 1. The largest absolute Gasteiger partial charge is 0.378 e. The van der Waals surface area contributed by atoms with Crippen LogP contribution in [0.1, 0.15) is 29.9 Å². The van der Waals surface area contributed by atoms with Gasteiger partial charge in [-0.3, -0.25) is 4.79 Å². The second-order valence-corrected chi connectivity index (χ2v) is 10.8. The van der Waals surface area contributed by atoms with Gasteiger partial charge in [-0.25, -0.2) is 8.42 Å². The van der Waals surface area contributed by atoms with Crippen LogP contribution in [-0.4, -0.2) is 51.5 Å². The summed E-state index contributed by atoms with van der Waals surface area (Å²) in [7, 11) is 1.04. The van der Waals surface area contributed by atoms with Gasteiger partial charge in [0.15, 0.2) is 9.84 Å². The maximum atomic E-state index is 12.6. The van der Waals surface area contributed by atoms with Gasteiger partial charge in [-0.1, -0.05) is 30.3 Å². The number of carbonyl (C=O) groups is 1. The minimum atomic E-state index is -2.97. The molecule has 1 fully saturated rings. The lowest BCUT2D eigenvalue weighted by Crippen LogP contribution is -2.30. The smallest absolute Gasteiger partial charge is 0.220 e. The zero-order valence-electron chi connectivity index (χ0n) is 18.0. The van der Waals surface area contributed by atoms with E-state index in [4.69, 9.17) is 0 Å². The van der Waals surface area contributed by atoms with E-state index >= 15 is 0 Å². The van der Waals surface area contributed by atoms with E-state index in [0.29, 0.717) is 13.0 Å². The number of fused-ring (bicyclic) bond motifs is 1. The first-order valence-electron chi connectivity index (χ1n) is 10.6. The van der Waals surface area contributed by atoms with E-state index in [1.165, 1.54) is 0 Å². The zero-order chi connectivity index (χ0) is 22.0. The third-order valence-corrected chi connectivity index (χ3v) is 7.95. The van der Waals surface area contributed by atoms with Gasteiger partial charge in [0.2, 0.25) is 5.91 Å². The molecule has 0 radical (unpaired) electrons. The monoisotopic (exact) mass is 439 g/mol. The molecule has 0 saturated carbocycles. The average molecular weight is 440 g/mol. The van der Waals surface area contributed by atoms with E-state index in [2.05, 4.69) is 45.5 Å². The Hall–Kier alpha value is -2.80. The molecule has 2 unspecified atom stereocenters. The Morgan fingerprint density at radius 3 is 2.58 bits per heavy atom. The molecule has 7 heteroatoms. The van der Waals surface area contributed by atoms with E-state index in [9.17, 15) is 13.2 Å². The first-order valence-corrected chi connectivity index (χ1v) is 12.4. The SMILES string of the molecule is CN(C)c1ccc(C(CNC(=O)CC2CCS(=O)(=O)C2)c2c[nH]c3ccccc23)cc1. The summed E-state index contributed by atoms with van der Waals surface area (Å²) >= 11 is 0. The van der Waals surface area contributed by atoms with Crippen molar-refractivity contribution < 1.29 is 13.2 Å². The molecule has 0 bridgehead atoms. The number of aromatic amines is 1. The standard InChI is InChI=1S/C24H29N3O3S/c1-27(2)19-9-7-18(8-10-19)21(22-15-25-23-6-4-3-5-20(22)23)14-26-24(28)13-17-11-12-31(29,30)16-17/h3-10,15,17,21,25H,11-14,16H2,1-2H3,(H,26,28). The molecule has 3 aromatic rings.